The van der Waals surface area contributed by atoms with Crippen LogP contribution in [0.4, 0.5) is 0 Å². The summed E-state index contributed by atoms with van der Waals surface area (Å²) in [5.74, 6) is 0. The molecular weight excluding hydrogens is 220 g/mol. The Morgan fingerprint density at radius 1 is 0.889 bits per heavy atom. The van der Waals surface area contributed by atoms with Crippen LogP contribution in [0.15, 0.2) is 0 Å². The van der Waals surface area contributed by atoms with E-state index in [2.05, 4.69) is 18.7 Å². The second-order valence-electron chi connectivity index (χ2n) is 6.04. The van der Waals surface area contributed by atoms with Crippen molar-refractivity contribution in [3.8, 4) is 0 Å². The van der Waals surface area contributed by atoms with Gasteiger partial charge in [-0.05, 0) is 38.8 Å². The number of hydrogen-bond acceptors (Lipinski definition) is 2. The molecule has 0 aromatic heterocycles. The second-order valence-corrected chi connectivity index (χ2v) is 6.04. The molecule has 18 heavy (non-hydrogen) atoms. The molecule has 0 aromatic rings. The Bertz CT molecular complexity index is 195. The predicted octanol–water partition coefficient (Wildman–Crippen LogP) is 3.94. The van der Waals surface area contributed by atoms with Gasteiger partial charge in [-0.3, -0.25) is 4.90 Å². The molecule has 1 aliphatic rings. The molecule has 0 aliphatic heterocycles. The van der Waals surface area contributed by atoms with Crippen LogP contribution < -0.4 is 5.73 Å². The molecule has 2 nitrogen and oxygen atoms in total. The molecule has 0 spiro atoms. The quantitative estimate of drug-likeness (QED) is 0.525. The highest BCUT2D eigenvalue weighted by molar-refractivity contribution is 4.93. The van der Waals surface area contributed by atoms with Gasteiger partial charge in [0.2, 0.25) is 0 Å². The Kier molecular flexibility index (Phi) is 7.92. The van der Waals surface area contributed by atoms with E-state index in [9.17, 15) is 0 Å². The molecule has 2 N–H and O–H groups in total. The van der Waals surface area contributed by atoms with Gasteiger partial charge in [-0.2, -0.15) is 0 Å². The lowest BCUT2D eigenvalue weighted by molar-refractivity contribution is 0.0756. The average molecular weight is 254 g/mol. The first-order valence-corrected chi connectivity index (χ1v) is 8.24. The Labute approximate surface area is 114 Å². The molecule has 0 unspecified atom stereocenters. The van der Waals surface area contributed by atoms with Crippen molar-refractivity contribution in [3.05, 3.63) is 0 Å². The monoisotopic (exact) mass is 254 g/mol. The molecule has 0 heterocycles. The third-order valence-electron chi connectivity index (χ3n) is 4.61. The van der Waals surface area contributed by atoms with Gasteiger partial charge in [0.25, 0.3) is 0 Å². The standard InChI is InChI=1S/C16H34N2/c1-3-5-10-14-18(13-4-2)16(15-17)11-8-6-7-9-12-16/h3-15,17H2,1-2H3. The SMILES string of the molecule is CCCCCN(CCC)C1(CN)CCCCCC1. The lowest BCUT2D eigenvalue weighted by Crippen LogP contribution is -2.54. The largest absolute Gasteiger partial charge is 0.329 e. The summed E-state index contributed by atoms with van der Waals surface area (Å²) in [4.78, 5) is 2.74. The van der Waals surface area contributed by atoms with E-state index in [1.54, 1.807) is 0 Å². The van der Waals surface area contributed by atoms with Crippen LogP contribution in [0.3, 0.4) is 0 Å². The topological polar surface area (TPSA) is 29.3 Å². The summed E-state index contributed by atoms with van der Waals surface area (Å²) >= 11 is 0. The number of hydrogen-bond donors (Lipinski definition) is 1. The fourth-order valence-corrected chi connectivity index (χ4v) is 3.44. The van der Waals surface area contributed by atoms with Crippen molar-refractivity contribution >= 4 is 0 Å². The molecule has 0 amide bonds. The van der Waals surface area contributed by atoms with E-state index in [1.807, 2.05) is 0 Å². The molecular formula is C16H34N2. The average Bonchev–Trinajstić information content (AvgIpc) is 2.64. The highest BCUT2D eigenvalue weighted by Gasteiger charge is 2.34. The van der Waals surface area contributed by atoms with Crippen LogP contribution in [0.2, 0.25) is 0 Å². The smallest absolute Gasteiger partial charge is 0.0331 e. The first kappa shape index (κ1) is 16.0. The van der Waals surface area contributed by atoms with E-state index in [0.717, 1.165) is 6.54 Å². The van der Waals surface area contributed by atoms with Crippen molar-refractivity contribution < 1.29 is 0 Å². The zero-order valence-electron chi connectivity index (χ0n) is 12.7. The lowest BCUT2D eigenvalue weighted by Gasteiger charge is -2.43. The Balaban J connectivity index is 2.63. The highest BCUT2D eigenvalue weighted by Crippen LogP contribution is 2.32. The van der Waals surface area contributed by atoms with Crippen molar-refractivity contribution in [2.45, 2.75) is 83.6 Å². The molecule has 0 radical (unpaired) electrons. The van der Waals surface area contributed by atoms with Crippen molar-refractivity contribution in [1.82, 2.24) is 4.90 Å². The molecule has 2 heteroatoms. The van der Waals surface area contributed by atoms with Gasteiger partial charge in [0, 0.05) is 12.1 Å². The van der Waals surface area contributed by atoms with Gasteiger partial charge in [-0.1, -0.05) is 52.4 Å². The number of rotatable bonds is 8. The molecule has 0 bridgehead atoms. The van der Waals surface area contributed by atoms with Crippen LogP contribution in [0.5, 0.6) is 0 Å². The van der Waals surface area contributed by atoms with E-state index < -0.39 is 0 Å². The Hall–Kier alpha value is -0.0800. The fraction of sp³-hybridized carbons (Fsp3) is 1.00. The van der Waals surface area contributed by atoms with Gasteiger partial charge in [0.05, 0.1) is 0 Å². The first-order valence-electron chi connectivity index (χ1n) is 8.24. The number of nitrogens with zero attached hydrogens (tertiary/aromatic N) is 1. The summed E-state index contributed by atoms with van der Waals surface area (Å²) in [5.41, 5.74) is 6.54. The van der Waals surface area contributed by atoms with Crippen LogP contribution >= 0.6 is 0 Å². The van der Waals surface area contributed by atoms with E-state index in [1.165, 1.54) is 77.3 Å². The summed E-state index contributed by atoms with van der Waals surface area (Å²) < 4.78 is 0. The van der Waals surface area contributed by atoms with Crippen molar-refractivity contribution in [3.63, 3.8) is 0 Å². The lowest BCUT2D eigenvalue weighted by atomic mass is 9.87. The predicted molar refractivity (Wildman–Crippen MR) is 80.9 cm³/mol. The molecule has 108 valence electrons. The van der Waals surface area contributed by atoms with E-state index in [-0.39, 0.29) is 0 Å². The van der Waals surface area contributed by atoms with Gasteiger partial charge in [0.1, 0.15) is 0 Å². The van der Waals surface area contributed by atoms with Gasteiger partial charge in [0.15, 0.2) is 0 Å². The van der Waals surface area contributed by atoms with Crippen LogP contribution in [0.25, 0.3) is 0 Å². The minimum Gasteiger partial charge on any atom is -0.329 e. The third-order valence-corrected chi connectivity index (χ3v) is 4.61. The zero-order chi connectivity index (χ0) is 13.3. The van der Waals surface area contributed by atoms with Gasteiger partial charge in [-0.25, -0.2) is 0 Å². The minimum atomic E-state index is 0.334. The molecule has 1 fully saturated rings. The minimum absolute atomic E-state index is 0.334. The number of nitrogens with two attached hydrogens (primary N) is 1. The van der Waals surface area contributed by atoms with Crippen LogP contribution in [0, 0.1) is 0 Å². The highest BCUT2D eigenvalue weighted by atomic mass is 15.2. The number of unbranched alkanes of at least 4 members (excludes halogenated alkanes) is 2. The van der Waals surface area contributed by atoms with Crippen molar-refractivity contribution in [1.29, 1.82) is 0 Å². The molecule has 1 rings (SSSR count). The van der Waals surface area contributed by atoms with E-state index in [4.69, 9.17) is 5.73 Å². The van der Waals surface area contributed by atoms with Crippen LogP contribution in [-0.2, 0) is 0 Å². The third kappa shape index (κ3) is 4.55. The Morgan fingerprint density at radius 2 is 1.56 bits per heavy atom. The van der Waals surface area contributed by atoms with Crippen molar-refractivity contribution in [2.75, 3.05) is 19.6 Å². The second kappa shape index (κ2) is 8.92. The normalized spacial score (nSPS) is 20.0. The van der Waals surface area contributed by atoms with Crippen molar-refractivity contribution in [2.24, 2.45) is 5.73 Å². The summed E-state index contributed by atoms with van der Waals surface area (Å²) in [5, 5.41) is 0. The molecule has 0 atom stereocenters. The van der Waals surface area contributed by atoms with E-state index >= 15 is 0 Å². The van der Waals surface area contributed by atoms with Crippen LogP contribution in [0.1, 0.15) is 78.1 Å². The molecule has 1 saturated carbocycles. The maximum Gasteiger partial charge on any atom is 0.0331 e. The summed E-state index contributed by atoms with van der Waals surface area (Å²) in [6.07, 6.45) is 13.5. The summed E-state index contributed by atoms with van der Waals surface area (Å²) in [7, 11) is 0. The maximum absolute atomic E-state index is 6.20. The molecule has 1 aliphatic carbocycles. The van der Waals surface area contributed by atoms with Gasteiger partial charge >= 0.3 is 0 Å². The Morgan fingerprint density at radius 3 is 2.06 bits per heavy atom. The fourth-order valence-electron chi connectivity index (χ4n) is 3.44. The molecule has 0 saturated heterocycles. The summed E-state index contributed by atoms with van der Waals surface area (Å²) in [6, 6.07) is 0. The first-order chi connectivity index (χ1) is 8.79. The molecule has 0 aromatic carbocycles. The van der Waals surface area contributed by atoms with Gasteiger partial charge in [-0.15, -0.1) is 0 Å². The zero-order valence-corrected chi connectivity index (χ0v) is 12.7. The summed E-state index contributed by atoms with van der Waals surface area (Å²) in [6.45, 7) is 7.95. The van der Waals surface area contributed by atoms with Gasteiger partial charge < -0.3 is 5.73 Å². The van der Waals surface area contributed by atoms with Crippen LogP contribution in [-0.4, -0.2) is 30.1 Å². The maximum atomic E-state index is 6.20. The van der Waals surface area contributed by atoms with E-state index in [0.29, 0.717) is 5.54 Å².